The molecule has 4 rings (SSSR count). The van der Waals surface area contributed by atoms with Gasteiger partial charge in [-0.25, -0.2) is 8.42 Å². The van der Waals surface area contributed by atoms with Crippen LogP contribution in [-0.4, -0.2) is 35.6 Å². The van der Waals surface area contributed by atoms with E-state index < -0.39 is 9.84 Å². The van der Waals surface area contributed by atoms with Crippen LogP contribution in [0.1, 0.15) is 52.6 Å². The molecule has 1 aliphatic carbocycles. The van der Waals surface area contributed by atoms with Crippen LogP contribution in [0.15, 0.2) is 24.3 Å². The molecule has 1 fully saturated rings. The SMILES string of the molecule is N#Cc1cccc(NC(=O)c2nn([C@@H]3CCS(=O)(=O)C3)c3c2CCCC3)c1. The van der Waals surface area contributed by atoms with E-state index in [1.807, 2.05) is 0 Å². The van der Waals surface area contributed by atoms with E-state index in [1.54, 1.807) is 28.9 Å². The molecule has 1 atom stereocenters. The lowest BCUT2D eigenvalue weighted by Gasteiger charge is -2.17. The van der Waals surface area contributed by atoms with Gasteiger partial charge in [0.1, 0.15) is 0 Å². The fourth-order valence-electron chi connectivity index (χ4n) is 3.94. The van der Waals surface area contributed by atoms with Gasteiger partial charge >= 0.3 is 0 Å². The summed E-state index contributed by atoms with van der Waals surface area (Å²) in [6, 6.07) is 8.59. The van der Waals surface area contributed by atoms with Crippen LogP contribution >= 0.6 is 0 Å². The third-order valence-electron chi connectivity index (χ3n) is 5.23. The van der Waals surface area contributed by atoms with Crippen LogP contribution in [0.5, 0.6) is 0 Å². The average Bonchev–Trinajstić information content (AvgIpc) is 3.22. The molecule has 1 amide bonds. The third kappa shape index (κ3) is 3.47. The Morgan fingerprint density at radius 1 is 1.30 bits per heavy atom. The first-order valence-electron chi connectivity index (χ1n) is 9.09. The minimum atomic E-state index is -3.03. The minimum absolute atomic E-state index is 0.0897. The number of carbonyl (C=O) groups excluding carboxylic acids is 1. The topological polar surface area (TPSA) is 105 Å². The number of hydrogen-bond donors (Lipinski definition) is 1. The van der Waals surface area contributed by atoms with Crippen molar-refractivity contribution >= 4 is 21.4 Å². The van der Waals surface area contributed by atoms with E-state index >= 15 is 0 Å². The number of fused-ring (bicyclic) bond motifs is 1. The van der Waals surface area contributed by atoms with Crippen molar-refractivity contribution in [2.75, 3.05) is 16.8 Å². The van der Waals surface area contributed by atoms with Crippen molar-refractivity contribution in [3.63, 3.8) is 0 Å². The van der Waals surface area contributed by atoms with E-state index in [9.17, 15) is 13.2 Å². The molecular formula is C19H20N4O3S. The largest absolute Gasteiger partial charge is 0.321 e. The van der Waals surface area contributed by atoms with Crippen LogP contribution in [0.2, 0.25) is 0 Å². The zero-order valence-corrected chi connectivity index (χ0v) is 15.6. The summed E-state index contributed by atoms with van der Waals surface area (Å²) in [6.45, 7) is 0. The number of rotatable bonds is 3. The number of aromatic nitrogens is 2. The number of nitriles is 1. The van der Waals surface area contributed by atoms with E-state index in [2.05, 4.69) is 16.5 Å². The van der Waals surface area contributed by atoms with Gasteiger partial charge in [-0.3, -0.25) is 9.48 Å². The van der Waals surface area contributed by atoms with E-state index in [4.69, 9.17) is 5.26 Å². The second-order valence-electron chi connectivity index (χ2n) is 7.13. The second-order valence-corrected chi connectivity index (χ2v) is 9.36. The van der Waals surface area contributed by atoms with Crippen LogP contribution in [0.25, 0.3) is 0 Å². The van der Waals surface area contributed by atoms with Crippen molar-refractivity contribution in [1.82, 2.24) is 9.78 Å². The molecule has 2 aliphatic rings. The number of hydrogen-bond acceptors (Lipinski definition) is 5. The molecule has 0 bridgehead atoms. The number of sulfone groups is 1. The molecule has 1 aliphatic heterocycles. The lowest BCUT2D eigenvalue weighted by molar-refractivity contribution is 0.102. The van der Waals surface area contributed by atoms with Crippen LogP contribution in [0.4, 0.5) is 5.69 Å². The van der Waals surface area contributed by atoms with Crippen LogP contribution in [-0.2, 0) is 22.7 Å². The molecule has 1 aromatic heterocycles. The number of anilines is 1. The summed E-state index contributed by atoms with van der Waals surface area (Å²) in [7, 11) is -3.03. The molecule has 0 spiro atoms. The molecule has 27 heavy (non-hydrogen) atoms. The molecular weight excluding hydrogens is 364 g/mol. The van der Waals surface area contributed by atoms with Gasteiger partial charge < -0.3 is 5.32 Å². The first-order chi connectivity index (χ1) is 13.0. The predicted octanol–water partition coefficient (Wildman–Crippen LogP) is 2.25. The molecule has 7 nitrogen and oxygen atoms in total. The summed E-state index contributed by atoms with van der Waals surface area (Å²) in [5.74, 6) is -0.0518. The number of benzene rings is 1. The Morgan fingerprint density at radius 2 is 2.11 bits per heavy atom. The maximum absolute atomic E-state index is 12.9. The van der Waals surface area contributed by atoms with Gasteiger partial charge in [0.05, 0.1) is 29.2 Å². The van der Waals surface area contributed by atoms with Crippen molar-refractivity contribution < 1.29 is 13.2 Å². The zero-order chi connectivity index (χ0) is 19.0. The molecule has 140 valence electrons. The standard InChI is InChI=1S/C19H20N4O3S/c20-11-13-4-3-5-14(10-13)21-19(24)18-16-6-1-2-7-17(16)23(22-18)15-8-9-27(25,26)12-15/h3-5,10,15H,1-2,6-9,12H2,(H,21,24)/t15-/m1/s1. The fraction of sp³-hybridized carbons (Fsp3) is 0.421. The highest BCUT2D eigenvalue weighted by Crippen LogP contribution is 2.31. The minimum Gasteiger partial charge on any atom is -0.321 e. The maximum Gasteiger partial charge on any atom is 0.276 e. The summed E-state index contributed by atoms with van der Waals surface area (Å²) in [4.78, 5) is 12.9. The van der Waals surface area contributed by atoms with Gasteiger partial charge in [0.2, 0.25) is 0 Å². The number of nitrogens with one attached hydrogen (secondary N) is 1. The Kier molecular flexibility index (Phi) is 4.48. The van der Waals surface area contributed by atoms with E-state index in [1.165, 1.54) is 0 Å². The molecule has 1 aromatic carbocycles. The van der Waals surface area contributed by atoms with Gasteiger partial charge in [-0.2, -0.15) is 10.4 Å². The predicted molar refractivity (Wildman–Crippen MR) is 100 cm³/mol. The van der Waals surface area contributed by atoms with Crippen LogP contribution < -0.4 is 5.32 Å². The second kappa shape index (κ2) is 6.82. The molecule has 2 heterocycles. The van der Waals surface area contributed by atoms with Gasteiger partial charge in [-0.1, -0.05) is 6.07 Å². The normalized spacial score (nSPS) is 20.6. The smallest absolute Gasteiger partial charge is 0.276 e. The first-order valence-corrected chi connectivity index (χ1v) is 10.9. The highest BCUT2D eigenvalue weighted by molar-refractivity contribution is 7.91. The highest BCUT2D eigenvalue weighted by atomic mass is 32.2. The lowest BCUT2D eigenvalue weighted by atomic mass is 9.95. The molecule has 2 aromatic rings. The van der Waals surface area contributed by atoms with Crippen LogP contribution in [0, 0.1) is 11.3 Å². The quantitative estimate of drug-likeness (QED) is 0.874. The van der Waals surface area contributed by atoms with E-state index in [-0.39, 0.29) is 23.5 Å². The summed E-state index contributed by atoms with van der Waals surface area (Å²) in [5.41, 5.74) is 3.31. The summed E-state index contributed by atoms with van der Waals surface area (Å²) < 4.78 is 25.5. The van der Waals surface area contributed by atoms with Gasteiger partial charge in [0, 0.05) is 16.9 Å². The van der Waals surface area contributed by atoms with E-state index in [0.717, 1.165) is 36.9 Å². The Labute approximate surface area is 157 Å². The molecule has 0 radical (unpaired) electrons. The number of amides is 1. The zero-order valence-electron chi connectivity index (χ0n) is 14.8. The lowest BCUT2D eigenvalue weighted by Crippen LogP contribution is -2.17. The maximum atomic E-state index is 12.9. The summed E-state index contributed by atoms with van der Waals surface area (Å²) in [6.07, 6.45) is 4.14. The van der Waals surface area contributed by atoms with Gasteiger partial charge in [-0.05, 0) is 50.3 Å². The molecule has 0 saturated carbocycles. The molecule has 1 saturated heterocycles. The molecule has 1 N–H and O–H groups in total. The molecule has 8 heteroatoms. The van der Waals surface area contributed by atoms with Crippen molar-refractivity contribution in [2.45, 2.75) is 38.1 Å². The Bertz CT molecular complexity index is 1050. The van der Waals surface area contributed by atoms with E-state index in [0.29, 0.717) is 23.4 Å². The number of carbonyl (C=O) groups is 1. The van der Waals surface area contributed by atoms with Crippen molar-refractivity contribution in [3.05, 3.63) is 46.8 Å². The van der Waals surface area contributed by atoms with Crippen molar-refractivity contribution in [3.8, 4) is 6.07 Å². The van der Waals surface area contributed by atoms with Crippen LogP contribution in [0.3, 0.4) is 0 Å². The van der Waals surface area contributed by atoms with Crippen molar-refractivity contribution in [1.29, 1.82) is 5.26 Å². The number of nitrogens with zero attached hydrogens (tertiary/aromatic N) is 3. The van der Waals surface area contributed by atoms with Gasteiger partial charge in [0.15, 0.2) is 15.5 Å². The highest BCUT2D eigenvalue weighted by Gasteiger charge is 2.34. The third-order valence-corrected chi connectivity index (χ3v) is 6.98. The fourth-order valence-corrected chi connectivity index (χ4v) is 5.63. The van der Waals surface area contributed by atoms with Gasteiger partial charge in [0.25, 0.3) is 5.91 Å². The summed E-state index contributed by atoms with van der Waals surface area (Å²) in [5, 5.41) is 16.4. The van der Waals surface area contributed by atoms with Gasteiger partial charge in [-0.15, -0.1) is 0 Å². The summed E-state index contributed by atoms with van der Waals surface area (Å²) >= 11 is 0. The van der Waals surface area contributed by atoms with Crippen molar-refractivity contribution in [2.24, 2.45) is 0 Å². The average molecular weight is 384 g/mol. The molecule has 0 unspecified atom stereocenters. The Morgan fingerprint density at radius 3 is 2.85 bits per heavy atom. The Hall–Kier alpha value is -2.66. The Balaban J connectivity index is 1.66. The monoisotopic (exact) mass is 384 g/mol. The first kappa shape index (κ1) is 17.7.